The summed E-state index contributed by atoms with van der Waals surface area (Å²) in [5.74, 6) is 0.186. The standard InChI is InChI=1S/C17H21N3O2/c1-19-15(9-10-18-19)7-8-17(21)20-11-12-22-16(13-20)14-5-3-2-4-6-14/h2-6,9-10,16H,7-8,11-13H2,1H3. The Morgan fingerprint density at radius 2 is 2.14 bits per heavy atom. The molecule has 1 fully saturated rings. The van der Waals surface area contributed by atoms with Gasteiger partial charge in [0.25, 0.3) is 0 Å². The Morgan fingerprint density at radius 1 is 1.32 bits per heavy atom. The lowest BCUT2D eigenvalue weighted by Gasteiger charge is -2.33. The van der Waals surface area contributed by atoms with E-state index < -0.39 is 0 Å². The van der Waals surface area contributed by atoms with Crippen molar-refractivity contribution in [2.45, 2.75) is 18.9 Å². The van der Waals surface area contributed by atoms with Gasteiger partial charge in [-0.2, -0.15) is 5.10 Å². The molecule has 1 atom stereocenters. The second-order valence-electron chi connectivity index (χ2n) is 5.56. The number of aromatic nitrogens is 2. The zero-order valence-electron chi connectivity index (χ0n) is 12.8. The third-order valence-electron chi connectivity index (χ3n) is 4.11. The van der Waals surface area contributed by atoms with Gasteiger partial charge in [0.2, 0.25) is 5.91 Å². The minimum Gasteiger partial charge on any atom is -0.370 e. The Balaban J connectivity index is 1.57. The summed E-state index contributed by atoms with van der Waals surface area (Å²) in [4.78, 5) is 14.3. The molecule has 3 rings (SSSR count). The first-order valence-corrected chi connectivity index (χ1v) is 7.65. The molecule has 5 nitrogen and oxygen atoms in total. The molecule has 0 aliphatic carbocycles. The molecule has 2 heterocycles. The fourth-order valence-corrected chi connectivity index (χ4v) is 2.78. The van der Waals surface area contributed by atoms with Crippen molar-refractivity contribution in [2.24, 2.45) is 7.05 Å². The van der Waals surface area contributed by atoms with E-state index in [-0.39, 0.29) is 12.0 Å². The summed E-state index contributed by atoms with van der Waals surface area (Å²) in [5.41, 5.74) is 2.22. The Hall–Kier alpha value is -2.14. The number of carbonyl (C=O) groups excluding carboxylic acids is 1. The molecule has 1 aliphatic heterocycles. The van der Waals surface area contributed by atoms with Gasteiger partial charge in [0, 0.05) is 31.9 Å². The van der Waals surface area contributed by atoms with Crippen LogP contribution in [0.4, 0.5) is 0 Å². The van der Waals surface area contributed by atoms with Crippen molar-refractivity contribution in [3.8, 4) is 0 Å². The number of morpholine rings is 1. The highest BCUT2D eigenvalue weighted by Crippen LogP contribution is 2.22. The summed E-state index contributed by atoms with van der Waals surface area (Å²) < 4.78 is 7.62. The highest BCUT2D eigenvalue weighted by atomic mass is 16.5. The van der Waals surface area contributed by atoms with Crippen LogP contribution in [0.3, 0.4) is 0 Å². The van der Waals surface area contributed by atoms with Gasteiger partial charge >= 0.3 is 0 Å². The van der Waals surface area contributed by atoms with Gasteiger partial charge in [-0.15, -0.1) is 0 Å². The third kappa shape index (κ3) is 3.36. The Bertz CT molecular complexity index is 624. The van der Waals surface area contributed by atoms with Crippen molar-refractivity contribution in [3.63, 3.8) is 0 Å². The van der Waals surface area contributed by atoms with Gasteiger partial charge in [0.15, 0.2) is 0 Å². The topological polar surface area (TPSA) is 47.4 Å². The maximum Gasteiger partial charge on any atom is 0.223 e. The van der Waals surface area contributed by atoms with Gasteiger partial charge in [-0.1, -0.05) is 30.3 Å². The number of ether oxygens (including phenoxy) is 1. The van der Waals surface area contributed by atoms with Crippen LogP contribution < -0.4 is 0 Å². The Morgan fingerprint density at radius 3 is 2.86 bits per heavy atom. The summed E-state index contributed by atoms with van der Waals surface area (Å²) in [6, 6.07) is 12.1. The molecule has 1 aromatic heterocycles. The third-order valence-corrected chi connectivity index (χ3v) is 4.11. The van der Waals surface area contributed by atoms with E-state index in [1.54, 1.807) is 6.20 Å². The number of nitrogens with zero attached hydrogens (tertiary/aromatic N) is 3. The summed E-state index contributed by atoms with van der Waals surface area (Å²) in [6.07, 6.45) is 2.99. The lowest BCUT2D eigenvalue weighted by atomic mass is 10.1. The SMILES string of the molecule is Cn1nccc1CCC(=O)N1CCOC(c2ccccc2)C1. The largest absolute Gasteiger partial charge is 0.370 e. The van der Waals surface area contributed by atoms with E-state index in [9.17, 15) is 4.79 Å². The van der Waals surface area contributed by atoms with Crippen LogP contribution in [0.25, 0.3) is 0 Å². The smallest absolute Gasteiger partial charge is 0.223 e. The van der Waals surface area contributed by atoms with Crippen LogP contribution in [0.2, 0.25) is 0 Å². The molecule has 1 aliphatic rings. The van der Waals surface area contributed by atoms with E-state index >= 15 is 0 Å². The number of amides is 1. The van der Waals surface area contributed by atoms with Gasteiger partial charge in [0.1, 0.15) is 6.10 Å². The average molecular weight is 299 g/mol. The fourth-order valence-electron chi connectivity index (χ4n) is 2.78. The molecule has 1 unspecified atom stereocenters. The van der Waals surface area contributed by atoms with Crippen molar-refractivity contribution in [1.82, 2.24) is 14.7 Å². The van der Waals surface area contributed by atoms with E-state index in [0.29, 0.717) is 26.1 Å². The van der Waals surface area contributed by atoms with E-state index in [4.69, 9.17) is 4.74 Å². The quantitative estimate of drug-likeness (QED) is 0.867. The maximum atomic E-state index is 12.4. The van der Waals surface area contributed by atoms with Crippen LogP contribution in [0.1, 0.15) is 23.8 Å². The molecule has 22 heavy (non-hydrogen) atoms. The van der Waals surface area contributed by atoms with Crippen LogP contribution >= 0.6 is 0 Å². The van der Waals surface area contributed by atoms with Gasteiger partial charge in [-0.25, -0.2) is 0 Å². The minimum absolute atomic E-state index is 0.0180. The molecular formula is C17H21N3O2. The fraction of sp³-hybridized carbons (Fsp3) is 0.412. The first-order valence-electron chi connectivity index (χ1n) is 7.65. The van der Waals surface area contributed by atoms with Gasteiger partial charge in [-0.05, 0) is 18.1 Å². The van der Waals surface area contributed by atoms with Crippen molar-refractivity contribution in [2.75, 3.05) is 19.7 Å². The van der Waals surface area contributed by atoms with Crippen LogP contribution in [-0.2, 0) is 23.0 Å². The molecule has 0 bridgehead atoms. The number of hydrogen-bond acceptors (Lipinski definition) is 3. The van der Waals surface area contributed by atoms with Crippen LogP contribution in [0.5, 0.6) is 0 Å². The van der Waals surface area contributed by atoms with Gasteiger partial charge < -0.3 is 9.64 Å². The lowest BCUT2D eigenvalue weighted by Crippen LogP contribution is -2.42. The number of carbonyl (C=O) groups is 1. The lowest BCUT2D eigenvalue weighted by molar-refractivity contribution is -0.139. The molecule has 1 saturated heterocycles. The van der Waals surface area contributed by atoms with Crippen LogP contribution in [0.15, 0.2) is 42.6 Å². The second-order valence-corrected chi connectivity index (χ2v) is 5.56. The first kappa shape index (κ1) is 14.8. The normalized spacial score (nSPS) is 18.4. The molecular weight excluding hydrogens is 278 g/mol. The molecule has 0 radical (unpaired) electrons. The summed E-state index contributed by atoms with van der Waals surface area (Å²) in [5, 5.41) is 4.13. The number of aryl methyl sites for hydroxylation is 2. The summed E-state index contributed by atoms with van der Waals surface area (Å²) in [7, 11) is 1.90. The summed E-state index contributed by atoms with van der Waals surface area (Å²) in [6.45, 7) is 1.90. The monoisotopic (exact) mass is 299 g/mol. The molecule has 0 saturated carbocycles. The van der Waals surface area contributed by atoms with E-state index in [2.05, 4.69) is 5.10 Å². The molecule has 1 amide bonds. The Kier molecular flexibility index (Phi) is 4.53. The average Bonchev–Trinajstić information content (AvgIpc) is 2.99. The van der Waals surface area contributed by atoms with Crippen molar-refractivity contribution in [1.29, 1.82) is 0 Å². The second kappa shape index (κ2) is 6.75. The molecule has 0 N–H and O–H groups in total. The van der Waals surface area contributed by atoms with Crippen molar-refractivity contribution >= 4 is 5.91 Å². The van der Waals surface area contributed by atoms with Crippen LogP contribution in [-0.4, -0.2) is 40.3 Å². The number of rotatable bonds is 4. The van der Waals surface area contributed by atoms with Gasteiger partial charge in [0.05, 0.1) is 13.2 Å². The number of hydrogen-bond donors (Lipinski definition) is 0. The molecule has 0 spiro atoms. The van der Waals surface area contributed by atoms with E-state index in [1.165, 1.54) is 0 Å². The highest BCUT2D eigenvalue weighted by Gasteiger charge is 2.25. The molecule has 2 aromatic rings. The van der Waals surface area contributed by atoms with Gasteiger partial charge in [-0.3, -0.25) is 9.48 Å². The van der Waals surface area contributed by atoms with Crippen molar-refractivity contribution < 1.29 is 9.53 Å². The predicted octanol–water partition coefficient (Wildman–Crippen LogP) is 1.95. The minimum atomic E-state index is -0.0180. The highest BCUT2D eigenvalue weighted by molar-refractivity contribution is 5.76. The van der Waals surface area contributed by atoms with Crippen molar-refractivity contribution in [3.05, 3.63) is 53.9 Å². The van der Waals surface area contributed by atoms with Crippen LogP contribution in [0, 0.1) is 0 Å². The first-order chi connectivity index (χ1) is 10.7. The zero-order valence-corrected chi connectivity index (χ0v) is 12.8. The molecule has 116 valence electrons. The van der Waals surface area contributed by atoms with E-state index in [0.717, 1.165) is 17.7 Å². The predicted molar refractivity (Wildman–Crippen MR) is 83.2 cm³/mol. The Labute approximate surface area is 130 Å². The number of benzene rings is 1. The summed E-state index contributed by atoms with van der Waals surface area (Å²) >= 11 is 0. The van der Waals surface area contributed by atoms with E-state index in [1.807, 2.05) is 53.0 Å². The zero-order chi connectivity index (χ0) is 15.4. The molecule has 1 aromatic carbocycles. The molecule has 5 heteroatoms. The maximum absolute atomic E-state index is 12.4.